The first-order chi connectivity index (χ1) is 11.0. The number of likely N-dealkylation sites (tertiary alicyclic amines) is 1. The van der Waals surface area contributed by atoms with Gasteiger partial charge in [-0.25, -0.2) is 0 Å². The molecule has 0 radical (unpaired) electrons. The summed E-state index contributed by atoms with van der Waals surface area (Å²) in [4.78, 5) is 13.4. The van der Waals surface area contributed by atoms with Crippen LogP contribution in [-0.4, -0.2) is 36.5 Å². The van der Waals surface area contributed by atoms with E-state index in [-0.39, 0.29) is 12.0 Å². The first-order valence-electron chi connectivity index (χ1n) is 8.10. The third-order valence-electron chi connectivity index (χ3n) is 3.69. The predicted octanol–water partition coefficient (Wildman–Crippen LogP) is 3.88. The molecule has 1 aromatic carbocycles. The molecule has 1 amide bonds. The van der Waals surface area contributed by atoms with Crippen molar-refractivity contribution in [1.82, 2.24) is 10.2 Å². The fourth-order valence-electron chi connectivity index (χ4n) is 2.63. The van der Waals surface area contributed by atoms with Gasteiger partial charge in [0.05, 0.1) is 16.1 Å². The van der Waals surface area contributed by atoms with Crippen LogP contribution in [0.2, 0.25) is 10.0 Å². The molecular formula is C17H24Cl2N2O2. The Bertz CT molecular complexity index is 526. The summed E-state index contributed by atoms with van der Waals surface area (Å²) in [7, 11) is 0. The molecule has 6 heteroatoms. The molecule has 0 bridgehead atoms. The normalized spacial score (nSPS) is 14.8. The quantitative estimate of drug-likeness (QED) is 0.716. The molecule has 1 aliphatic heterocycles. The molecule has 1 aromatic rings. The molecule has 1 aliphatic rings. The van der Waals surface area contributed by atoms with Gasteiger partial charge in [-0.2, -0.15) is 0 Å². The van der Waals surface area contributed by atoms with Gasteiger partial charge < -0.3 is 15.0 Å². The van der Waals surface area contributed by atoms with E-state index in [0.717, 1.165) is 38.0 Å². The molecule has 2 rings (SSSR count). The van der Waals surface area contributed by atoms with Crippen molar-refractivity contribution in [1.29, 1.82) is 0 Å². The number of nitrogens with one attached hydrogen (secondary N) is 1. The van der Waals surface area contributed by atoms with Crippen molar-refractivity contribution in [2.75, 3.05) is 19.6 Å². The van der Waals surface area contributed by atoms with Crippen LogP contribution in [0.3, 0.4) is 0 Å². The molecule has 23 heavy (non-hydrogen) atoms. The summed E-state index contributed by atoms with van der Waals surface area (Å²) in [5.41, 5.74) is 1.02. The summed E-state index contributed by atoms with van der Waals surface area (Å²) in [6.07, 6.45) is 2.67. The highest BCUT2D eigenvalue weighted by atomic mass is 35.5. The molecule has 4 nitrogen and oxygen atoms in total. The number of hydrogen-bond donors (Lipinski definition) is 1. The lowest BCUT2D eigenvalue weighted by Crippen LogP contribution is -2.28. The first-order valence-corrected chi connectivity index (χ1v) is 8.86. The number of carbonyl (C=O) groups excluding carboxylic acids is 1. The van der Waals surface area contributed by atoms with E-state index >= 15 is 0 Å². The smallest absolute Gasteiger partial charge is 0.222 e. The van der Waals surface area contributed by atoms with Crippen LogP contribution in [0, 0.1) is 0 Å². The van der Waals surface area contributed by atoms with Crippen molar-refractivity contribution in [3.05, 3.63) is 27.7 Å². The van der Waals surface area contributed by atoms with Gasteiger partial charge in [-0.05, 0) is 50.9 Å². The number of benzene rings is 1. The summed E-state index contributed by atoms with van der Waals surface area (Å²) in [5.74, 6) is 0.823. The Balaban J connectivity index is 1.76. The fraction of sp³-hybridized carbons (Fsp3) is 0.588. The molecule has 0 spiro atoms. The fourth-order valence-corrected chi connectivity index (χ4v) is 3.25. The van der Waals surface area contributed by atoms with Crippen LogP contribution in [0.4, 0.5) is 0 Å². The van der Waals surface area contributed by atoms with Crippen molar-refractivity contribution in [3.8, 4) is 5.75 Å². The van der Waals surface area contributed by atoms with Gasteiger partial charge in [-0.1, -0.05) is 23.2 Å². The lowest BCUT2D eigenvalue weighted by Gasteiger charge is -2.16. The Morgan fingerprint density at radius 3 is 2.57 bits per heavy atom. The third kappa shape index (κ3) is 5.55. The summed E-state index contributed by atoms with van der Waals surface area (Å²) in [6, 6.07) is 3.75. The van der Waals surface area contributed by atoms with Gasteiger partial charge in [-0.15, -0.1) is 0 Å². The Labute approximate surface area is 148 Å². The number of ether oxygens (including phenoxy) is 1. The minimum Gasteiger partial charge on any atom is -0.488 e. The molecule has 1 fully saturated rings. The predicted molar refractivity (Wildman–Crippen MR) is 94.4 cm³/mol. The SMILES string of the molecule is CC(C)Oc1c(Cl)cc(CNCCCN2CCCC2=O)cc1Cl. The molecule has 0 aliphatic carbocycles. The molecule has 0 atom stereocenters. The maximum absolute atomic E-state index is 11.5. The summed E-state index contributed by atoms with van der Waals surface area (Å²) >= 11 is 12.5. The highest BCUT2D eigenvalue weighted by Crippen LogP contribution is 2.34. The van der Waals surface area contributed by atoms with E-state index in [0.29, 0.717) is 28.8 Å². The van der Waals surface area contributed by atoms with E-state index in [2.05, 4.69) is 5.32 Å². The van der Waals surface area contributed by atoms with Crippen LogP contribution < -0.4 is 10.1 Å². The second kappa shape index (κ2) is 8.76. The number of carbonyl (C=O) groups is 1. The van der Waals surface area contributed by atoms with Crippen molar-refractivity contribution < 1.29 is 9.53 Å². The Hall–Kier alpha value is -0.970. The molecule has 0 aromatic heterocycles. The Morgan fingerprint density at radius 1 is 1.30 bits per heavy atom. The van der Waals surface area contributed by atoms with Gasteiger partial charge >= 0.3 is 0 Å². The molecule has 0 saturated carbocycles. The monoisotopic (exact) mass is 358 g/mol. The second-order valence-electron chi connectivity index (χ2n) is 6.07. The van der Waals surface area contributed by atoms with Crippen LogP contribution in [-0.2, 0) is 11.3 Å². The van der Waals surface area contributed by atoms with Gasteiger partial charge in [0.2, 0.25) is 5.91 Å². The van der Waals surface area contributed by atoms with Gasteiger partial charge in [0.25, 0.3) is 0 Å². The van der Waals surface area contributed by atoms with E-state index in [4.69, 9.17) is 27.9 Å². The van der Waals surface area contributed by atoms with Crippen LogP contribution in [0.25, 0.3) is 0 Å². The van der Waals surface area contributed by atoms with E-state index in [1.54, 1.807) is 0 Å². The van der Waals surface area contributed by atoms with Gasteiger partial charge in [0, 0.05) is 26.1 Å². The van der Waals surface area contributed by atoms with Crippen molar-refractivity contribution in [3.63, 3.8) is 0 Å². The molecule has 1 heterocycles. The lowest BCUT2D eigenvalue weighted by atomic mass is 10.2. The van der Waals surface area contributed by atoms with Crippen LogP contribution >= 0.6 is 23.2 Å². The Kier molecular flexibility index (Phi) is 7.00. The highest BCUT2D eigenvalue weighted by Gasteiger charge is 2.18. The highest BCUT2D eigenvalue weighted by molar-refractivity contribution is 6.37. The number of amides is 1. The van der Waals surface area contributed by atoms with E-state index < -0.39 is 0 Å². The van der Waals surface area contributed by atoms with Crippen molar-refractivity contribution in [2.24, 2.45) is 0 Å². The van der Waals surface area contributed by atoms with E-state index in [9.17, 15) is 4.79 Å². The molecule has 1 saturated heterocycles. The number of rotatable bonds is 8. The van der Waals surface area contributed by atoms with Crippen molar-refractivity contribution >= 4 is 29.1 Å². The van der Waals surface area contributed by atoms with Gasteiger partial charge in [0.1, 0.15) is 0 Å². The zero-order chi connectivity index (χ0) is 16.8. The zero-order valence-corrected chi connectivity index (χ0v) is 15.2. The lowest BCUT2D eigenvalue weighted by molar-refractivity contribution is -0.127. The largest absolute Gasteiger partial charge is 0.488 e. The third-order valence-corrected chi connectivity index (χ3v) is 4.26. The second-order valence-corrected chi connectivity index (χ2v) is 6.88. The molecule has 1 N–H and O–H groups in total. The van der Waals surface area contributed by atoms with E-state index in [1.165, 1.54) is 0 Å². The standard InChI is InChI=1S/C17H24Cl2N2O2/c1-12(2)23-17-14(18)9-13(10-15(17)19)11-20-6-4-8-21-7-3-5-16(21)22/h9-10,12,20H,3-8,11H2,1-2H3. The van der Waals surface area contributed by atoms with E-state index in [1.807, 2.05) is 30.9 Å². The summed E-state index contributed by atoms with van der Waals surface area (Å²) in [5, 5.41) is 4.43. The molecule has 128 valence electrons. The Morgan fingerprint density at radius 2 is 2.00 bits per heavy atom. The molecule has 0 unspecified atom stereocenters. The van der Waals surface area contributed by atoms with Gasteiger partial charge in [-0.3, -0.25) is 4.79 Å². The summed E-state index contributed by atoms with van der Waals surface area (Å²) < 4.78 is 5.62. The maximum atomic E-state index is 11.5. The van der Waals surface area contributed by atoms with Crippen molar-refractivity contribution in [2.45, 2.75) is 45.8 Å². The first kappa shape index (κ1) is 18.4. The average molecular weight is 359 g/mol. The van der Waals surface area contributed by atoms with Gasteiger partial charge in [0.15, 0.2) is 5.75 Å². The minimum absolute atomic E-state index is 0.0299. The van der Waals surface area contributed by atoms with Crippen LogP contribution in [0.15, 0.2) is 12.1 Å². The number of halogens is 2. The minimum atomic E-state index is 0.0299. The average Bonchev–Trinajstić information content (AvgIpc) is 2.88. The summed E-state index contributed by atoms with van der Waals surface area (Å²) in [6.45, 7) is 7.15. The molecular weight excluding hydrogens is 335 g/mol. The number of hydrogen-bond acceptors (Lipinski definition) is 3. The number of nitrogens with zero attached hydrogens (tertiary/aromatic N) is 1. The topological polar surface area (TPSA) is 41.6 Å². The zero-order valence-electron chi connectivity index (χ0n) is 13.7. The maximum Gasteiger partial charge on any atom is 0.222 e. The van der Waals surface area contributed by atoms with Crippen LogP contribution in [0.5, 0.6) is 5.75 Å². The van der Waals surface area contributed by atoms with Crippen LogP contribution in [0.1, 0.15) is 38.7 Å².